The van der Waals surface area contributed by atoms with Gasteiger partial charge in [0.1, 0.15) is 5.75 Å². The zero-order chi connectivity index (χ0) is 24.8. The van der Waals surface area contributed by atoms with Crippen molar-refractivity contribution in [1.29, 1.82) is 0 Å². The van der Waals surface area contributed by atoms with Gasteiger partial charge in [-0.2, -0.15) is 0 Å². The summed E-state index contributed by atoms with van der Waals surface area (Å²) >= 11 is 5.87. The van der Waals surface area contributed by atoms with Crippen LogP contribution in [0.4, 0.5) is 8.78 Å². The molecule has 0 atom stereocenters. The Balaban J connectivity index is 1.19. The number of likely N-dealkylation sites (tertiary alicyclic amines) is 1. The summed E-state index contributed by atoms with van der Waals surface area (Å²) in [4.78, 5) is 27.0. The first-order chi connectivity index (χ1) is 16.9. The molecule has 0 spiro atoms. The zero-order valence-electron chi connectivity index (χ0n) is 19.0. The van der Waals surface area contributed by atoms with Crippen molar-refractivity contribution in [3.63, 3.8) is 0 Å². The number of nitrogens with zero attached hydrogens (tertiary/aromatic N) is 1. The molecule has 1 N–H and O–H groups in total. The lowest BCUT2D eigenvalue weighted by Crippen LogP contribution is -2.45. The minimum Gasteiger partial charge on any atom is -0.484 e. The zero-order valence-corrected chi connectivity index (χ0v) is 19.7. The molecule has 0 aromatic heterocycles. The highest BCUT2D eigenvalue weighted by Crippen LogP contribution is 2.18. The van der Waals surface area contributed by atoms with Crippen molar-refractivity contribution >= 4 is 23.3 Å². The molecular formula is C27H25ClF2N2O3. The number of carbonyl (C=O) groups is 2. The van der Waals surface area contributed by atoms with Crippen molar-refractivity contribution in [2.24, 2.45) is 0 Å². The van der Waals surface area contributed by atoms with E-state index < -0.39 is 11.6 Å². The highest BCUT2D eigenvalue weighted by atomic mass is 35.5. The summed E-state index contributed by atoms with van der Waals surface area (Å²) in [7, 11) is 0. The van der Waals surface area contributed by atoms with Crippen molar-refractivity contribution in [3.05, 3.63) is 100 Å². The third-order valence-corrected chi connectivity index (χ3v) is 6.19. The third-order valence-electron chi connectivity index (χ3n) is 5.94. The van der Waals surface area contributed by atoms with Gasteiger partial charge in [0.2, 0.25) is 0 Å². The second kappa shape index (κ2) is 11.4. The number of amides is 1. The molecule has 0 unspecified atom stereocenters. The number of rotatable bonds is 8. The van der Waals surface area contributed by atoms with Gasteiger partial charge in [-0.1, -0.05) is 17.7 Å². The van der Waals surface area contributed by atoms with Crippen molar-refractivity contribution in [3.8, 4) is 5.75 Å². The van der Waals surface area contributed by atoms with Gasteiger partial charge in [0.15, 0.2) is 24.0 Å². The number of hydrogen-bond acceptors (Lipinski definition) is 4. The van der Waals surface area contributed by atoms with Crippen LogP contribution < -0.4 is 10.1 Å². The molecule has 0 saturated carbocycles. The molecular weight excluding hydrogens is 474 g/mol. The monoisotopic (exact) mass is 498 g/mol. The molecule has 5 nitrogen and oxygen atoms in total. The van der Waals surface area contributed by atoms with Crippen LogP contribution in [0.1, 0.15) is 34.3 Å². The fourth-order valence-corrected chi connectivity index (χ4v) is 4.15. The van der Waals surface area contributed by atoms with Gasteiger partial charge in [0.05, 0.1) is 0 Å². The maximum atomic E-state index is 13.4. The summed E-state index contributed by atoms with van der Waals surface area (Å²) in [5, 5.41) is 3.55. The lowest BCUT2D eigenvalue weighted by molar-refractivity contribution is -0.124. The standard InChI is InChI=1S/C27H25ClF2N2O3/c28-21-6-2-19(3-7-21)27(34)20-4-8-23(9-5-20)35-17-26(33)31-22-11-13-32(14-12-22)16-18-1-10-24(29)25(30)15-18/h1-10,15,22H,11-14,16-17H2,(H,31,33). The molecule has 1 saturated heterocycles. The van der Waals surface area contributed by atoms with Crippen LogP contribution in [0.15, 0.2) is 66.7 Å². The van der Waals surface area contributed by atoms with Gasteiger partial charge >= 0.3 is 0 Å². The van der Waals surface area contributed by atoms with E-state index in [1.165, 1.54) is 6.07 Å². The second-order valence-corrected chi connectivity index (χ2v) is 8.95. The average Bonchev–Trinajstić information content (AvgIpc) is 2.86. The maximum absolute atomic E-state index is 13.4. The summed E-state index contributed by atoms with van der Waals surface area (Å²) in [6.45, 7) is 1.90. The van der Waals surface area contributed by atoms with E-state index in [-0.39, 0.29) is 24.3 Å². The lowest BCUT2D eigenvalue weighted by atomic mass is 10.0. The van der Waals surface area contributed by atoms with Crippen LogP contribution in [0, 0.1) is 11.6 Å². The van der Waals surface area contributed by atoms with Crippen LogP contribution in [0.25, 0.3) is 0 Å². The van der Waals surface area contributed by atoms with Crippen molar-refractivity contribution < 1.29 is 23.1 Å². The van der Waals surface area contributed by atoms with Gasteiger partial charge < -0.3 is 10.1 Å². The van der Waals surface area contributed by atoms with E-state index in [1.54, 1.807) is 54.6 Å². The molecule has 0 bridgehead atoms. The first-order valence-electron chi connectivity index (χ1n) is 11.4. The molecule has 1 aliphatic heterocycles. The van der Waals surface area contributed by atoms with Crippen molar-refractivity contribution in [1.82, 2.24) is 10.2 Å². The van der Waals surface area contributed by atoms with Gasteiger partial charge in [-0.3, -0.25) is 14.5 Å². The molecule has 3 aromatic carbocycles. The molecule has 0 radical (unpaired) electrons. The van der Waals surface area contributed by atoms with E-state index in [9.17, 15) is 18.4 Å². The molecule has 8 heteroatoms. The van der Waals surface area contributed by atoms with Gasteiger partial charge in [-0.25, -0.2) is 8.78 Å². The Labute approximate surface area is 207 Å². The van der Waals surface area contributed by atoms with Crippen LogP contribution in [0.5, 0.6) is 5.75 Å². The van der Waals surface area contributed by atoms with Crippen LogP contribution in [-0.4, -0.2) is 42.3 Å². The normalized spacial score (nSPS) is 14.5. The minimum absolute atomic E-state index is 0.0340. The summed E-state index contributed by atoms with van der Waals surface area (Å²) < 4.78 is 32.1. The fourth-order valence-electron chi connectivity index (χ4n) is 4.02. The second-order valence-electron chi connectivity index (χ2n) is 8.52. The Morgan fingerprint density at radius 1 is 0.914 bits per heavy atom. The minimum atomic E-state index is -0.847. The highest BCUT2D eigenvalue weighted by molar-refractivity contribution is 6.30. The van der Waals surface area contributed by atoms with Crippen LogP contribution in [0.3, 0.4) is 0 Å². The number of ketones is 1. The summed E-state index contributed by atoms with van der Waals surface area (Å²) in [6.07, 6.45) is 1.52. The van der Waals surface area contributed by atoms with E-state index in [2.05, 4.69) is 10.2 Å². The number of benzene rings is 3. The average molecular weight is 499 g/mol. The number of piperidine rings is 1. The summed E-state index contributed by atoms with van der Waals surface area (Å²) in [5.74, 6) is -1.53. The molecule has 182 valence electrons. The quantitative estimate of drug-likeness (QED) is 0.444. The first kappa shape index (κ1) is 24.8. The number of nitrogens with one attached hydrogen (secondary N) is 1. The molecule has 1 heterocycles. The van der Waals surface area contributed by atoms with E-state index in [0.29, 0.717) is 28.4 Å². The Morgan fingerprint density at radius 3 is 2.17 bits per heavy atom. The molecule has 1 fully saturated rings. The molecule has 1 amide bonds. The largest absolute Gasteiger partial charge is 0.484 e. The molecule has 1 aliphatic rings. The van der Waals surface area contributed by atoms with Gasteiger partial charge in [0.25, 0.3) is 5.91 Å². The van der Waals surface area contributed by atoms with Gasteiger partial charge in [0, 0.05) is 41.8 Å². The van der Waals surface area contributed by atoms with Gasteiger partial charge in [-0.15, -0.1) is 0 Å². The number of carbonyl (C=O) groups excluding carboxylic acids is 2. The predicted molar refractivity (Wildman–Crippen MR) is 130 cm³/mol. The fraction of sp³-hybridized carbons (Fsp3) is 0.259. The number of ether oxygens (including phenoxy) is 1. The molecule has 4 rings (SSSR count). The Kier molecular flexibility index (Phi) is 8.10. The first-order valence-corrected chi connectivity index (χ1v) is 11.7. The highest BCUT2D eigenvalue weighted by Gasteiger charge is 2.21. The van der Waals surface area contributed by atoms with Crippen molar-refractivity contribution in [2.75, 3.05) is 19.7 Å². The van der Waals surface area contributed by atoms with Crippen LogP contribution in [-0.2, 0) is 11.3 Å². The Hall–Kier alpha value is -3.29. The maximum Gasteiger partial charge on any atom is 0.258 e. The van der Waals surface area contributed by atoms with Crippen LogP contribution >= 0.6 is 11.6 Å². The molecule has 0 aliphatic carbocycles. The Bertz CT molecular complexity index is 1180. The Morgan fingerprint density at radius 2 is 1.54 bits per heavy atom. The van der Waals surface area contributed by atoms with Crippen molar-refractivity contribution in [2.45, 2.75) is 25.4 Å². The number of halogens is 3. The summed E-state index contributed by atoms with van der Waals surface area (Å²) in [6, 6.07) is 17.3. The van der Waals surface area contributed by atoms with Gasteiger partial charge in [-0.05, 0) is 79.1 Å². The topological polar surface area (TPSA) is 58.6 Å². The molecule has 3 aromatic rings. The van der Waals surface area contributed by atoms with E-state index >= 15 is 0 Å². The lowest BCUT2D eigenvalue weighted by Gasteiger charge is -2.32. The van der Waals surface area contributed by atoms with E-state index in [4.69, 9.17) is 16.3 Å². The molecule has 35 heavy (non-hydrogen) atoms. The smallest absolute Gasteiger partial charge is 0.258 e. The van der Waals surface area contributed by atoms with E-state index in [0.717, 1.165) is 37.6 Å². The number of hydrogen-bond donors (Lipinski definition) is 1. The predicted octanol–water partition coefficient (Wildman–Crippen LogP) is 5.01. The SMILES string of the molecule is O=C(COc1ccc(C(=O)c2ccc(Cl)cc2)cc1)NC1CCN(Cc2ccc(F)c(F)c2)CC1. The summed E-state index contributed by atoms with van der Waals surface area (Å²) in [5.41, 5.74) is 1.78. The third kappa shape index (κ3) is 6.87. The van der Waals surface area contributed by atoms with E-state index in [1.807, 2.05) is 0 Å². The van der Waals surface area contributed by atoms with Crippen LogP contribution in [0.2, 0.25) is 5.02 Å².